The number of ether oxygens (including phenoxy) is 2. The number of carboxylic acid groups (broad SMARTS) is 1. The molecule has 2 fully saturated rings. The van der Waals surface area contributed by atoms with Gasteiger partial charge < -0.3 is 19.5 Å². The van der Waals surface area contributed by atoms with Crippen LogP contribution in [0.5, 0.6) is 11.5 Å². The highest BCUT2D eigenvalue weighted by atomic mass is 19.1. The number of methoxy groups -OCH3 is 2. The number of amides is 1. The van der Waals surface area contributed by atoms with Crippen molar-refractivity contribution in [1.29, 1.82) is 0 Å². The van der Waals surface area contributed by atoms with Gasteiger partial charge in [0.25, 0.3) is 5.91 Å². The van der Waals surface area contributed by atoms with Crippen LogP contribution in [0.1, 0.15) is 42.5 Å². The van der Waals surface area contributed by atoms with Gasteiger partial charge in [-0.3, -0.25) is 4.79 Å². The molecule has 1 aliphatic heterocycles. The van der Waals surface area contributed by atoms with Crippen molar-refractivity contribution in [3.63, 3.8) is 0 Å². The van der Waals surface area contributed by atoms with Crippen molar-refractivity contribution in [2.24, 2.45) is 5.92 Å². The summed E-state index contributed by atoms with van der Waals surface area (Å²) in [5, 5.41) is 9.55. The van der Waals surface area contributed by atoms with E-state index in [1.807, 2.05) is 0 Å². The van der Waals surface area contributed by atoms with Gasteiger partial charge in [0.05, 0.1) is 19.8 Å². The largest absolute Gasteiger partial charge is 0.493 e. The first kappa shape index (κ1) is 17.5. The van der Waals surface area contributed by atoms with Crippen LogP contribution in [0.2, 0.25) is 0 Å². The van der Waals surface area contributed by atoms with Gasteiger partial charge in [0.15, 0.2) is 11.5 Å². The molecular weight excluding hydrogens is 329 g/mol. The standard InChI is InChI=1S/C18H22FNO5/c1-24-15-8-11(12(19)9-16(15)25-2)17(21)20-13-6-4-3-5-10(13)7-14(20)18(22)23/h8-10,13-14H,3-7H2,1-2H3,(H,22,23). The number of aliphatic carboxylic acids is 1. The smallest absolute Gasteiger partial charge is 0.326 e. The normalized spacial score (nSPS) is 25.4. The van der Waals surface area contributed by atoms with Gasteiger partial charge in [-0.1, -0.05) is 12.8 Å². The minimum absolute atomic E-state index is 0.144. The number of hydrogen-bond acceptors (Lipinski definition) is 4. The fourth-order valence-electron chi connectivity index (χ4n) is 4.13. The Hall–Kier alpha value is -2.31. The average Bonchev–Trinajstić information content (AvgIpc) is 3.00. The monoisotopic (exact) mass is 351 g/mol. The summed E-state index contributed by atoms with van der Waals surface area (Å²) in [6, 6.07) is 1.32. The number of likely N-dealkylation sites (tertiary alicyclic amines) is 1. The third-order valence-corrected chi connectivity index (χ3v) is 5.31. The molecule has 3 rings (SSSR count). The molecule has 1 heterocycles. The highest BCUT2D eigenvalue weighted by Crippen LogP contribution is 2.41. The van der Waals surface area contributed by atoms with Crippen LogP contribution < -0.4 is 9.47 Å². The van der Waals surface area contributed by atoms with Crippen LogP contribution >= 0.6 is 0 Å². The molecule has 0 radical (unpaired) electrons. The average molecular weight is 351 g/mol. The molecule has 136 valence electrons. The summed E-state index contributed by atoms with van der Waals surface area (Å²) in [6.45, 7) is 0. The van der Waals surface area contributed by atoms with Crippen molar-refractivity contribution in [1.82, 2.24) is 4.90 Å². The summed E-state index contributed by atoms with van der Waals surface area (Å²) in [5.74, 6) is -1.79. The van der Waals surface area contributed by atoms with Gasteiger partial charge in [0.2, 0.25) is 0 Å². The zero-order valence-electron chi connectivity index (χ0n) is 14.3. The van der Waals surface area contributed by atoms with E-state index < -0.39 is 23.7 Å². The van der Waals surface area contributed by atoms with Gasteiger partial charge in [-0.2, -0.15) is 0 Å². The van der Waals surface area contributed by atoms with E-state index in [0.717, 1.165) is 31.7 Å². The first-order valence-electron chi connectivity index (χ1n) is 8.45. The van der Waals surface area contributed by atoms with E-state index in [1.165, 1.54) is 25.2 Å². The minimum Gasteiger partial charge on any atom is -0.493 e. The second-order valence-electron chi connectivity index (χ2n) is 6.60. The summed E-state index contributed by atoms with van der Waals surface area (Å²) >= 11 is 0. The molecule has 1 aromatic rings. The second kappa shape index (κ2) is 6.90. The van der Waals surface area contributed by atoms with Gasteiger partial charge in [0.1, 0.15) is 11.9 Å². The SMILES string of the molecule is COc1cc(F)c(C(=O)N2C(C(=O)O)CC3CCCCC32)cc1OC. The molecule has 2 aliphatic rings. The zero-order chi connectivity index (χ0) is 18.1. The van der Waals surface area contributed by atoms with Crippen LogP contribution in [0.15, 0.2) is 12.1 Å². The van der Waals surface area contributed by atoms with Crippen LogP contribution in [-0.2, 0) is 4.79 Å². The van der Waals surface area contributed by atoms with Gasteiger partial charge in [-0.15, -0.1) is 0 Å². The van der Waals surface area contributed by atoms with E-state index >= 15 is 0 Å². The molecule has 3 atom stereocenters. The molecule has 1 aromatic carbocycles. The predicted molar refractivity (Wildman–Crippen MR) is 87.5 cm³/mol. The van der Waals surface area contributed by atoms with Gasteiger partial charge >= 0.3 is 5.97 Å². The fourth-order valence-corrected chi connectivity index (χ4v) is 4.13. The Morgan fingerprint density at radius 3 is 2.44 bits per heavy atom. The molecule has 25 heavy (non-hydrogen) atoms. The molecule has 1 saturated heterocycles. The molecule has 0 spiro atoms. The Kier molecular flexibility index (Phi) is 4.83. The Labute approximate surface area is 145 Å². The van der Waals surface area contributed by atoms with E-state index in [1.54, 1.807) is 0 Å². The molecule has 1 N–H and O–H groups in total. The molecule has 1 aliphatic carbocycles. The van der Waals surface area contributed by atoms with E-state index in [-0.39, 0.29) is 29.0 Å². The fraction of sp³-hybridized carbons (Fsp3) is 0.556. The van der Waals surface area contributed by atoms with Crippen molar-refractivity contribution in [2.45, 2.75) is 44.2 Å². The lowest BCUT2D eigenvalue weighted by molar-refractivity contribution is -0.141. The Bertz CT molecular complexity index is 692. The Balaban J connectivity index is 1.99. The van der Waals surface area contributed by atoms with Crippen molar-refractivity contribution in [3.05, 3.63) is 23.5 Å². The van der Waals surface area contributed by atoms with Gasteiger partial charge in [-0.05, 0) is 31.2 Å². The number of halogens is 1. The summed E-state index contributed by atoms with van der Waals surface area (Å²) in [6.07, 6.45) is 4.09. The highest BCUT2D eigenvalue weighted by molar-refractivity contribution is 5.98. The lowest BCUT2D eigenvalue weighted by atomic mass is 9.84. The molecule has 7 heteroatoms. The number of nitrogens with zero attached hydrogens (tertiary/aromatic N) is 1. The van der Waals surface area contributed by atoms with E-state index in [0.29, 0.717) is 6.42 Å². The number of benzene rings is 1. The van der Waals surface area contributed by atoms with Gasteiger partial charge in [-0.25, -0.2) is 9.18 Å². The first-order chi connectivity index (χ1) is 12.0. The van der Waals surface area contributed by atoms with Crippen molar-refractivity contribution < 1.29 is 28.6 Å². The van der Waals surface area contributed by atoms with Crippen LogP contribution in [0.3, 0.4) is 0 Å². The van der Waals surface area contributed by atoms with Crippen molar-refractivity contribution >= 4 is 11.9 Å². The van der Waals surface area contributed by atoms with Crippen LogP contribution in [0.4, 0.5) is 4.39 Å². The van der Waals surface area contributed by atoms with E-state index in [2.05, 4.69) is 0 Å². The Morgan fingerprint density at radius 1 is 1.16 bits per heavy atom. The predicted octanol–water partition coefficient (Wildman–Crippen LogP) is 2.70. The molecule has 0 aromatic heterocycles. The molecule has 0 bridgehead atoms. The van der Waals surface area contributed by atoms with E-state index in [9.17, 15) is 19.1 Å². The first-order valence-corrected chi connectivity index (χ1v) is 8.45. The van der Waals surface area contributed by atoms with Crippen molar-refractivity contribution in [2.75, 3.05) is 14.2 Å². The van der Waals surface area contributed by atoms with Crippen LogP contribution in [0.25, 0.3) is 0 Å². The molecular formula is C18H22FNO5. The highest BCUT2D eigenvalue weighted by Gasteiger charge is 2.48. The maximum absolute atomic E-state index is 14.5. The van der Waals surface area contributed by atoms with Gasteiger partial charge in [0, 0.05) is 12.1 Å². The number of carbonyl (C=O) groups excluding carboxylic acids is 1. The second-order valence-corrected chi connectivity index (χ2v) is 6.60. The number of fused-ring (bicyclic) bond motifs is 1. The molecule has 1 saturated carbocycles. The summed E-state index contributed by atoms with van der Waals surface area (Å²) in [7, 11) is 2.78. The maximum atomic E-state index is 14.5. The quantitative estimate of drug-likeness (QED) is 0.903. The number of carboxylic acids is 1. The van der Waals surface area contributed by atoms with Crippen molar-refractivity contribution in [3.8, 4) is 11.5 Å². The number of hydrogen-bond donors (Lipinski definition) is 1. The lowest BCUT2D eigenvalue weighted by Gasteiger charge is -2.33. The maximum Gasteiger partial charge on any atom is 0.326 e. The third-order valence-electron chi connectivity index (χ3n) is 5.31. The summed E-state index contributed by atoms with van der Waals surface area (Å²) in [5.41, 5.74) is -0.185. The number of carbonyl (C=O) groups is 2. The van der Waals surface area contributed by atoms with Crippen LogP contribution in [0, 0.1) is 11.7 Å². The molecule has 1 amide bonds. The number of rotatable bonds is 4. The minimum atomic E-state index is -1.04. The summed E-state index contributed by atoms with van der Waals surface area (Å²) in [4.78, 5) is 26.1. The Morgan fingerprint density at radius 2 is 1.80 bits per heavy atom. The van der Waals surface area contributed by atoms with E-state index in [4.69, 9.17) is 9.47 Å². The molecule has 3 unspecified atom stereocenters. The third kappa shape index (κ3) is 3.03. The lowest BCUT2D eigenvalue weighted by Crippen LogP contribution is -2.46. The topological polar surface area (TPSA) is 76.1 Å². The summed E-state index contributed by atoms with van der Waals surface area (Å²) < 4.78 is 24.7. The zero-order valence-corrected chi connectivity index (χ0v) is 14.3. The molecule has 6 nitrogen and oxygen atoms in total. The van der Waals surface area contributed by atoms with Crippen LogP contribution in [-0.4, -0.2) is 48.2 Å².